The number of rotatable bonds is 6. The van der Waals surface area contributed by atoms with E-state index in [1.165, 1.54) is 22.0 Å². The molecule has 9 nitrogen and oxygen atoms in total. The summed E-state index contributed by atoms with van der Waals surface area (Å²) in [6.45, 7) is 5.29. The summed E-state index contributed by atoms with van der Waals surface area (Å²) in [4.78, 5) is 34.7. The summed E-state index contributed by atoms with van der Waals surface area (Å²) >= 11 is 0. The number of carbonyl (C=O) groups excluding carboxylic acids is 1. The van der Waals surface area contributed by atoms with Crippen LogP contribution in [0.25, 0.3) is 10.9 Å². The predicted octanol–water partition coefficient (Wildman–Crippen LogP) is 4.39. The number of ether oxygens (including phenoxy) is 2. The van der Waals surface area contributed by atoms with Crippen LogP contribution in [0.1, 0.15) is 69.0 Å². The van der Waals surface area contributed by atoms with E-state index in [0.717, 1.165) is 45.1 Å². The van der Waals surface area contributed by atoms with Gasteiger partial charge in [-0.05, 0) is 76.6 Å². The molecular formula is C30H40N2O7. The minimum Gasteiger partial charge on any atom is -0.478 e. The van der Waals surface area contributed by atoms with Crippen molar-refractivity contribution < 1.29 is 34.1 Å². The summed E-state index contributed by atoms with van der Waals surface area (Å²) in [7, 11) is 3.96. The molecule has 1 saturated heterocycles. The maximum Gasteiger partial charge on any atom is 0.328 e. The number of fused-ring (bicyclic) bond motifs is 2. The number of nitrogens with zero attached hydrogens (tertiary/aromatic N) is 2. The van der Waals surface area contributed by atoms with Crippen molar-refractivity contribution in [2.45, 2.75) is 82.6 Å². The third-order valence-corrected chi connectivity index (χ3v) is 8.37. The van der Waals surface area contributed by atoms with Crippen LogP contribution in [0.4, 0.5) is 0 Å². The van der Waals surface area contributed by atoms with Crippen molar-refractivity contribution in [1.29, 1.82) is 0 Å². The van der Waals surface area contributed by atoms with E-state index in [-0.39, 0.29) is 18.0 Å². The highest BCUT2D eigenvalue weighted by Gasteiger charge is 2.42. The molecule has 9 heteroatoms. The molecule has 39 heavy (non-hydrogen) atoms. The third-order valence-electron chi connectivity index (χ3n) is 8.37. The zero-order valence-electron chi connectivity index (χ0n) is 23.2. The molecule has 1 aromatic carbocycles. The molecule has 0 radical (unpaired) electrons. The predicted molar refractivity (Wildman–Crippen MR) is 147 cm³/mol. The van der Waals surface area contributed by atoms with E-state index >= 15 is 0 Å². The van der Waals surface area contributed by atoms with Crippen LogP contribution in [-0.4, -0.2) is 76.5 Å². The molecule has 1 aromatic heterocycles. The van der Waals surface area contributed by atoms with E-state index in [1.54, 1.807) is 7.11 Å². The number of carbonyl (C=O) groups is 3. The summed E-state index contributed by atoms with van der Waals surface area (Å²) in [6, 6.07) is 7.64. The average molecular weight is 541 g/mol. The SMILES string of the molecule is COC1CCC(OC(=O)[C@@H]2C[C@@H]3c4cccc5c4c(cn5C(C)C)C[C@H]3N(C)C2)CC1.O=C(O)/C=C\C(=O)O. The molecule has 5 rings (SSSR count). The maximum atomic E-state index is 13.1. The van der Waals surface area contributed by atoms with E-state index in [0.29, 0.717) is 36.3 Å². The first kappa shape index (κ1) is 28.8. The van der Waals surface area contributed by atoms with Crippen molar-refractivity contribution >= 4 is 28.8 Å². The maximum absolute atomic E-state index is 13.1. The van der Waals surface area contributed by atoms with E-state index in [2.05, 4.69) is 54.8 Å². The van der Waals surface area contributed by atoms with Gasteiger partial charge in [-0.3, -0.25) is 4.79 Å². The molecule has 2 aliphatic carbocycles. The van der Waals surface area contributed by atoms with Gasteiger partial charge < -0.3 is 29.2 Å². The molecule has 3 aliphatic rings. The Bertz CT molecular complexity index is 1210. The number of esters is 1. The molecular weight excluding hydrogens is 500 g/mol. The van der Waals surface area contributed by atoms with E-state index in [1.807, 2.05) is 0 Å². The van der Waals surface area contributed by atoms with Gasteiger partial charge in [-0.1, -0.05) is 12.1 Å². The van der Waals surface area contributed by atoms with Crippen molar-refractivity contribution in [3.63, 3.8) is 0 Å². The molecule has 0 bridgehead atoms. The molecule has 0 unspecified atom stereocenters. The number of methoxy groups -OCH3 is 1. The Balaban J connectivity index is 0.000000386. The fraction of sp³-hybridized carbons (Fsp3) is 0.567. The van der Waals surface area contributed by atoms with Gasteiger partial charge in [0, 0.05) is 60.9 Å². The first-order chi connectivity index (χ1) is 18.6. The lowest BCUT2D eigenvalue weighted by atomic mass is 9.72. The number of piperidine rings is 1. The van der Waals surface area contributed by atoms with Crippen LogP contribution in [-0.2, 0) is 30.3 Å². The van der Waals surface area contributed by atoms with E-state index < -0.39 is 11.9 Å². The largest absolute Gasteiger partial charge is 0.478 e. The Labute approximate surface area is 229 Å². The second kappa shape index (κ2) is 12.3. The third kappa shape index (κ3) is 6.53. The number of aliphatic carboxylic acids is 2. The highest BCUT2D eigenvalue weighted by atomic mass is 16.5. The van der Waals surface area contributed by atoms with E-state index in [4.69, 9.17) is 19.7 Å². The number of hydrogen-bond acceptors (Lipinski definition) is 6. The second-order valence-corrected chi connectivity index (χ2v) is 11.2. The van der Waals surface area contributed by atoms with Gasteiger partial charge in [0.1, 0.15) is 6.10 Å². The molecule has 212 valence electrons. The van der Waals surface area contributed by atoms with Crippen LogP contribution in [0.3, 0.4) is 0 Å². The first-order valence-corrected chi connectivity index (χ1v) is 13.8. The number of carboxylic acid groups (broad SMARTS) is 2. The Hall–Kier alpha value is -3.17. The lowest BCUT2D eigenvalue weighted by molar-refractivity contribution is -0.159. The van der Waals surface area contributed by atoms with Crippen LogP contribution < -0.4 is 0 Å². The molecule has 0 spiro atoms. The van der Waals surface area contributed by atoms with Gasteiger partial charge in [0.25, 0.3) is 0 Å². The van der Waals surface area contributed by atoms with Crippen LogP contribution in [0.2, 0.25) is 0 Å². The highest BCUT2D eigenvalue weighted by molar-refractivity contribution is 5.90. The summed E-state index contributed by atoms with van der Waals surface area (Å²) in [6.07, 6.45) is 9.64. The van der Waals surface area contributed by atoms with Crippen molar-refractivity contribution in [3.05, 3.63) is 47.7 Å². The molecule has 0 amide bonds. The van der Waals surface area contributed by atoms with Crippen molar-refractivity contribution in [2.75, 3.05) is 20.7 Å². The monoisotopic (exact) mass is 540 g/mol. The molecule has 2 aromatic rings. The Morgan fingerprint density at radius 3 is 2.26 bits per heavy atom. The molecule has 1 saturated carbocycles. The van der Waals surface area contributed by atoms with Crippen LogP contribution in [0.5, 0.6) is 0 Å². The number of carboxylic acids is 2. The fourth-order valence-corrected chi connectivity index (χ4v) is 6.46. The minimum absolute atomic E-state index is 0.00360. The molecule has 2 fully saturated rings. The minimum atomic E-state index is -1.26. The standard InChI is InChI=1S/C26H36N2O3.C4H4O4/c1-16(2)28-15-17-13-24-22(21-6-5-7-23(28)25(17)21)12-18(14-27(24)3)26(29)31-20-10-8-19(30-4)9-11-20;5-3(6)1-2-4(7)8/h5-7,15-16,18-20,22,24H,8-14H2,1-4H3;1-2H,(H,5,6)(H,7,8)/b;2-1-/t18-,19?,20?,22-,24-;/m1./s1. The van der Waals surface area contributed by atoms with Gasteiger partial charge in [0.2, 0.25) is 0 Å². The topological polar surface area (TPSA) is 118 Å². The Kier molecular flexibility index (Phi) is 9.12. The summed E-state index contributed by atoms with van der Waals surface area (Å²) in [5.74, 6) is -2.17. The molecule has 1 aliphatic heterocycles. The summed E-state index contributed by atoms with van der Waals surface area (Å²) < 4.78 is 13.9. The lowest BCUT2D eigenvalue weighted by Gasteiger charge is -2.45. The van der Waals surface area contributed by atoms with Gasteiger partial charge in [0.15, 0.2) is 0 Å². The Morgan fingerprint density at radius 2 is 1.67 bits per heavy atom. The smallest absolute Gasteiger partial charge is 0.328 e. The Morgan fingerprint density at radius 1 is 1.03 bits per heavy atom. The number of likely N-dealkylation sites (N-methyl/N-ethyl adjacent to an activating group) is 1. The van der Waals surface area contributed by atoms with Crippen molar-refractivity contribution in [3.8, 4) is 0 Å². The fourth-order valence-electron chi connectivity index (χ4n) is 6.46. The highest BCUT2D eigenvalue weighted by Crippen LogP contribution is 2.45. The number of benzene rings is 1. The first-order valence-electron chi connectivity index (χ1n) is 13.8. The lowest BCUT2D eigenvalue weighted by Crippen LogP contribution is -2.50. The number of aromatic nitrogens is 1. The zero-order chi connectivity index (χ0) is 28.3. The van der Waals surface area contributed by atoms with E-state index in [9.17, 15) is 14.4 Å². The average Bonchev–Trinajstić information content (AvgIpc) is 3.29. The number of likely N-dealkylation sites (tertiary alicyclic amines) is 1. The van der Waals surface area contributed by atoms with Gasteiger partial charge in [-0.2, -0.15) is 0 Å². The molecule has 2 N–H and O–H groups in total. The van der Waals surface area contributed by atoms with Gasteiger partial charge in [-0.15, -0.1) is 0 Å². The van der Waals surface area contributed by atoms with Gasteiger partial charge in [0.05, 0.1) is 12.0 Å². The summed E-state index contributed by atoms with van der Waals surface area (Å²) in [5, 5.41) is 17.1. The van der Waals surface area contributed by atoms with Crippen molar-refractivity contribution in [1.82, 2.24) is 9.47 Å². The van der Waals surface area contributed by atoms with Gasteiger partial charge in [-0.25, -0.2) is 9.59 Å². The van der Waals surface area contributed by atoms with Crippen LogP contribution in [0, 0.1) is 5.92 Å². The number of hydrogen-bond donors (Lipinski definition) is 2. The quantitative estimate of drug-likeness (QED) is 0.409. The summed E-state index contributed by atoms with van der Waals surface area (Å²) in [5.41, 5.74) is 4.22. The van der Waals surface area contributed by atoms with Gasteiger partial charge >= 0.3 is 17.9 Å². The zero-order valence-corrected chi connectivity index (χ0v) is 23.2. The molecule has 3 atom stereocenters. The second-order valence-electron chi connectivity index (χ2n) is 11.2. The van der Waals surface area contributed by atoms with Crippen molar-refractivity contribution in [2.24, 2.45) is 5.92 Å². The van der Waals surface area contributed by atoms with Crippen LogP contribution in [0.15, 0.2) is 36.5 Å². The normalized spacial score (nSPS) is 26.6. The van der Waals surface area contributed by atoms with Crippen LogP contribution >= 0.6 is 0 Å². The molecule has 2 heterocycles.